The lowest BCUT2D eigenvalue weighted by Gasteiger charge is -2.24. The number of hydrogen-bond donors (Lipinski definition) is 2. The molecule has 0 saturated heterocycles. The molecule has 2 aromatic carbocycles. The first-order chi connectivity index (χ1) is 10.2. The Bertz CT molecular complexity index is 821. The molecule has 0 bridgehead atoms. The molecule has 0 aliphatic heterocycles. The SMILES string of the molecule is CC(C)(C)Nc1c(NCc2ccc(C#N)c(Cl)c2)c(=O)c1=O. The van der Waals surface area contributed by atoms with Crippen molar-refractivity contribution in [2.75, 3.05) is 10.6 Å². The molecule has 0 saturated carbocycles. The number of hydrogen-bond acceptors (Lipinski definition) is 5. The maximum absolute atomic E-state index is 11.7. The van der Waals surface area contributed by atoms with Gasteiger partial charge in [-0.2, -0.15) is 5.26 Å². The van der Waals surface area contributed by atoms with Crippen LogP contribution in [0, 0.1) is 11.3 Å². The third-order valence-corrected chi connectivity index (χ3v) is 3.35. The van der Waals surface area contributed by atoms with Gasteiger partial charge in [0.1, 0.15) is 17.4 Å². The van der Waals surface area contributed by atoms with Gasteiger partial charge < -0.3 is 10.6 Å². The zero-order valence-electron chi connectivity index (χ0n) is 12.6. The molecule has 114 valence electrons. The Kier molecular flexibility index (Phi) is 4.25. The molecule has 0 aromatic heterocycles. The van der Waals surface area contributed by atoms with Gasteiger partial charge >= 0.3 is 0 Å². The molecule has 2 aromatic rings. The van der Waals surface area contributed by atoms with Crippen LogP contribution in [-0.2, 0) is 6.54 Å². The van der Waals surface area contributed by atoms with E-state index in [9.17, 15) is 9.59 Å². The Morgan fingerprint density at radius 1 is 1.18 bits per heavy atom. The maximum Gasteiger partial charge on any atom is 0.253 e. The average Bonchev–Trinajstić information content (AvgIpc) is 2.45. The Labute approximate surface area is 133 Å². The summed E-state index contributed by atoms with van der Waals surface area (Å²) >= 11 is 5.96. The lowest BCUT2D eigenvalue weighted by molar-refractivity contribution is 0.632. The number of nitriles is 1. The van der Waals surface area contributed by atoms with Crippen LogP contribution in [0.15, 0.2) is 27.8 Å². The summed E-state index contributed by atoms with van der Waals surface area (Å²) in [7, 11) is 0. The van der Waals surface area contributed by atoms with E-state index in [2.05, 4.69) is 10.6 Å². The summed E-state index contributed by atoms with van der Waals surface area (Å²) in [4.78, 5) is 23.3. The first-order valence-electron chi connectivity index (χ1n) is 6.77. The highest BCUT2D eigenvalue weighted by molar-refractivity contribution is 6.31. The summed E-state index contributed by atoms with van der Waals surface area (Å²) in [6.07, 6.45) is 0. The molecule has 0 aliphatic carbocycles. The van der Waals surface area contributed by atoms with E-state index in [0.717, 1.165) is 5.56 Å². The van der Waals surface area contributed by atoms with Crippen molar-refractivity contribution in [1.82, 2.24) is 0 Å². The molecule has 0 radical (unpaired) electrons. The molecular weight excluding hydrogens is 302 g/mol. The fraction of sp³-hybridized carbons (Fsp3) is 0.312. The van der Waals surface area contributed by atoms with Crippen LogP contribution in [0.1, 0.15) is 31.9 Å². The van der Waals surface area contributed by atoms with E-state index in [1.165, 1.54) is 0 Å². The van der Waals surface area contributed by atoms with Crippen LogP contribution in [0.5, 0.6) is 0 Å². The van der Waals surface area contributed by atoms with Crippen LogP contribution >= 0.6 is 11.6 Å². The minimum Gasteiger partial charge on any atom is -0.376 e. The molecule has 0 spiro atoms. The summed E-state index contributed by atoms with van der Waals surface area (Å²) in [5, 5.41) is 15.2. The van der Waals surface area contributed by atoms with E-state index in [4.69, 9.17) is 16.9 Å². The normalized spacial score (nSPS) is 11.2. The molecule has 0 unspecified atom stereocenters. The molecular formula is C16H16ClN3O2. The molecule has 0 heterocycles. The summed E-state index contributed by atoms with van der Waals surface area (Å²) < 4.78 is 0. The number of halogens is 1. The van der Waals surface area contributed by atoms with Gasteiger partial charge in [0.05, 0.1) is 10.6 Å². The van der Waals surface area contributed by atoms with E-state index >= 15 is 0 Å². The quantitative estimate of drug-likeness (QED) is 0.847. The number of anilines is 2. The van der Waals surface area contributed by atoms with Crippen LogP contribution in [0.4, 0.5) is 11.4 Å². The summed E-state index contributed by atoms with van der Waals surface area (Å²) in [5.74, 6) is 0. The monoisotopic (exact) mass is 317 g/mol. The molecule has 2 N–H and O–H groups in total. The van der Waals surface area contributed by atoms with Crippen LogP contribution < -0.4 is 21.5 Å². The van der Waals surface area contributed by atoms with Crippen molar-refractivity contribution < 1.29 is 0 Å². The number of benzene rings is 1. The number of nitrogens with zero attached hydrogens (tertiary/aromatic N) is 1. The summed E-state index contributed by atoms with van der Waals surface area (Å²) in [6, 6.07) is 7.02. The zero-order chi connectivity index (χ0) is 16.5. The van der Waals surface area contributed by atoms with Gasteiger partial charge in [0.25, 0.3) is 10.9 Å². The van der Waals surface area contributed by atoms with Gasteiger partial charge in [0.2, 0.25) is 0 Å². The van der Waals surface area contributed by atoms with Gasteiger partial charge in [-0.3, -0.25) is 9.59 Å². The topological polar surface area (TPSA) is 82.0 Å². The standard InChI is InChI=1S/C16H16ClN3O2/c1-16(2,3)20-13-12(14(21)15(13)22)19-8-9-4-5-10(7-18)11(17)6-9/h4-6,19-20H,8H2,1-3H3. The highest BCUT2D eigenvalue weighted by Crippen LogP contribution is 2.21. The third-order valence-electron chi connectivity index (χ3n) is 3.03. The second kappa shape index (κ2) is 5.82. The van der Waals surface area contributed by atoms with Crippen molar-refractivity contribution in [2.45, 2.75) is 32.9 Å². The van der Waals surface area contributed by atoms with Crippen molar-refractivity contribution >= 4 is 23.0 Å². The maximum atomic E-state index is 11.7. The molecule has 22 heavy (non-hydrogen) atoms. The van der Waals surface area contributed by atoms with Crippen molar-refractivity contribution in [2.24, 2.45) is 0 Å². The Morgan fingerprint density at radius 2 is 1.82 bits per heavy atom. The number of rotatable bonds is 4. The fourth-order valence-electron chi connectivity index (χ4n) is 2.00. The smallest absolute Gasteiger partial charge is 0.253 e. The minimum atomic E-state index is -0.522. The zero-order valence-corrected chi connectivity index (χ0v) is 13.3. The van der Waals surface area contributed by atoms with Crippen molar-refractivity contribution in [1.29, 1.82) is 5.26 Å². The second-order valence-electron chi connectivity index (χ2n) is 6.06. The highest BCUT2D eigenvalue weighted by atomic mass is 35.5. The van der Waals surface area contributed by atoms with Crippen LogP contribution in [0.25, 0.3) is 0 Å². The van der Waals surface area contributed by atoms with Gasteiger partial charge in [-0.15, -0.1) is 0 Å². The lowest BCUT2D eigenvalue weighted by atomic mass is 10.1. The molecule has 0 aliphatic rings. The number of nitrogens with one attached hydrogen (secondary N) is 2. The summed E-state index contributed by atoms with van der Waals surface area (Å²) in [6.45, 7) is 6.07. The van der Waals surface area contributed by atoms with Gasteiger partial charge in [0, 0.05) is 12.1 Å². The van der Waals surface area contributed by atoms with E-state index in [1.807, 2.05) is 26.8 Å². The lowest BCUT2D eigenvalue weighted by Crippen LogP contribution is -2.41. The molecule has 6 heteroatoms. The Morgan fingerprint density at radius 3 is 2.36 bits per heavy atom. The third kappa shape index (κ3) is 3.29. The van der Waals surface area contributed by atoms with E-state index < -0.39 is 10.9 Å². The molecule has 5 nitrogen and oxygen atoms in total. The molecule has 0 atom stereocenters. The fourth-order valence-corrected chi connectivity index (χ4v) is 2.25. The Balaban J connectivity index is 2.15. The average molecular weight is 318 g/mol. The van der Waals surface area contributed by atoms with Gasteiger partial charge in [0.15, 0.2) is 0 Å². The molecule has 0 fully saturated rings. The highest BCUT2D eigenvalue weighted by Gasteiger charge is 2.24. The van der Waals surface area contributed by atoms with Crippen molar-refractivity contribution in [3.05, 3.63) is 54.8 Å². The van der Waals surface area contributed by atoms with Crippen molar-refractivity contribution in [3.8, 4) is 6.07 Å². The van der Waals surface area contributed by atoms with Crippen LogP contribution in [-0.4, -0.2) is 5.54 Å². The largest absolute Gasteiger partial charge is 0.376 e. The predicted molar refractivity (Wildman–Crippen MR) is 88.2 cm³/mol. The van der Waals surface area contributed by atoms with Gasteiger partial charge in [-0.1, -0.05) is 17.7 Å². The van der Waals surface area contributed by atoms with E-state index in [-0.39, 0.29) is 5.54 Å². The van der Waals surface area contributed by atoms with E-state index in [0.29, 0.717) is 28.5 Å². The minimum absolute atomic E-state index is 0.292. The van der Waals surface area contributed by atoms with Gasteiger partial charge in [-0.05, 0) is 38.5 Å². The van der Waals surface area contributed by atoms with Crippen LogP contribution in [0.3, 0.4) is 0 Å². The second-order valence-corrected chi connectivity index (χ2v) is 6.47. The Hall–Kier alpha value is -2.32. The molecule has 0 amide bonds. The van der Waals surface area contributed by atoms with E-state index in [1.54, 1.807) is 18.2 Å². The van der Waals surface area contributed by atoms with Crippen molar-refractivity contribution in [3.63, 3.8) is 0 Å². The summed E-state index contributed by atoms with van der Waals surface area (Å²) in [5.41, 5.74) is 0.490. The first kappa shape index (κ1) is 16.1. The first-order valence-corrected chi connectivity index (χ1v) is 7.14. The predicted octanol–water partition coefficient (Wildman–Crippen LogP) is 2.63. The van der Waals surface area contributed by atoms with Crippen LogP contribution in [0.2, 0.25) is 5.02 Å². The van der Waals surface area contributed by atoms with Gasteiger partial charge in [-0.25, -0.2) is 0 Å². The molecule has 2 rings (SSSR count).